The molecule has 2 amide bonds. The van der Waals surface area contributed by atoms with Crippen LogP contribution in [0.1, 0.15) is 154 Å². The minimum Gasteiger partial charge on any atom is -0.756 e. The summed E-state index contributed by atoms with van der Waals surface area (Å²) < 4.78 is 0. The third-order valence-electron chi connectivity index (χ3n) is 5.12. The van der Waals surface area contributed by atoms with Crippen molar-refractivity contribution in [3.63, 3.8) is 0 Å². The maximum Gasteiger partial charge on any atom is 0.390 e. The van der Waals surface area contributed by atoms with E-state index >= 15 is 0 Å². The Labute approximate surface area is 347 Å². The van der Waals surface area contributed by atoms with Crippen molar-refractivity contribution in [2.45, 2.75) is 165 Å². The van der Waals surface area contributed by atoms with Crippen molar-refractivity contribution in [2.75, 3.05) is 0 Å². The van der Waals surface area contributed by atoms with E-state index in [9.17, 15) is 19.2 Å². The molecular weight excluding hydrogens is 1020 g/mol. The summed E-state index contributed by atoms with van der Waals surface area (Å²) in [4.78, 5) is 38.6. The third-order valence-corrected chi connectivity index (χ3v) is 5.12. The van der Waals surface area contributed by atoms with Crippen LogP contribution < -0.4 is 10.6 Å². The van der Waals surface area contributed by atoms with Gasteiger partial charge in [-0.15, -0.1) is 12.1 Å². The van der Waals surface area contributed by atoms with Gasteiger partial charge in [0.25, 0.3) is 0 Å². The number of rotatable bonds is 6. The van der Waals surface area contributed by atoms with Crippen LogP contribution in [0.15, 0.2) is 24.3 Å². The molecule has 0 saturated heterocycles. The summed E-state index contributed by atoms with van der Waals surface area (Å²) in [6.45, 7) is 36.4. The fourth-order valence-electron chi connectivity index (χ4n) is 3.17. The number of benzene rings is 1. The van der Waals surface area contributed by atoms with Gasteiger partial charge in [0.15, 0.2) is 0 Å². The van der Waals surface area contributed by atoms with Crippen LogP contribution in [0.25, 0.3) is 11.5 Å². The molecule has 2 atom stereocenters. The van der Waals surface area contributed by atoms with Crippen molar-refractivity contribution >= 4 is 29.4 Å². The molecule has 314 valence electrons. The molecule has 0 spiro atoms. The molecule has 0 aromatic heterocycles. The molecule has 10 nitrogen and oxygen atoms in total. The molecule has 0 aliphatic heterocycles. The average molecular weight is 1100 g/mol. The maximum absolute atomic E-state index is 10.1. The number of hydrogen-bond acceptors (Lipinski definition) is 2. The van der Waals surface area contributed by atoms with Gasteiger partial charge >= 0.3 is 23.8 Å². The van der Waals surface area contributed by atoms with Gasteiger partial charge in [-0.05, 0) is 52.4 Å². The summed E-state index contributed by atoms with van der Waals surface area (Å²) in [5.41, 5.74) is 16.4. The maximum atomic E-state index is 10.1. The Morgan fingerprint density at radius 3 is 1.21 bits per heavy atom. The molecule has 2 unspecified atom stereocenters. The quantitative estimate of drug-likeness (QED) is 0.163. The van der Waals surface area contributed by atoms with Crippen LogP contribution in [0.5, 0.6) is 0 Å². The molecule has 52 heavy (non-hydrogen) atoms. The smallest absolute Gasteiger partial charge is 0.390 e. The second-order valence-electron chi connectivity index (χ2n) is 17.7. The molecule has 12 heteroatoms. The van der Waals surface area contributed by atoms with Crippen LogP contribution >= 0.6 is 0 Å². The van der Waals surface area contributed by atoms with Crippen molar-refractivity contribution in [3.8, 4) is 0 Å². The van der Waals surface area contributed by atoms with Crippen molar-refractivity contribution < 1.29 is 71.5 Å². The fourth-order valence-corrected chi connectivity index (χ4v) is 3.17. The fraction of sp³-hybridized carbons (Fsp3) is 0.700. The minimum atomic E-state index is -0.905. The zero-order valence-electron chi connectivity index (χ0n) is 34.8. The van der Waals surface area contributed by atoms with Crippen molar-refractivity contribution in [2.24, 2.45) is 16.7 Å². The Kier molecular flexibility index (Phi) is 37.6. The van der Waals surface area contributed by atoms with E-state index in [1.165, 1.54) is 19.3 Å². The minimum absolute atomic E-state index is 0. The van der Waals surface area contributed by atoms with Crippen LogP contribution in [0.4, 0.5) is 5.69 Å². The zero-order chi connectivity index (χ0) is 40.5. The molecule has 1 aromatic carbocycles. The number of carbonyl (C=O) groups excluding carboxylic acids is 2. The number of carbonyl (C=O) groups is 2. The first-order valence-corrected chi connectivity index (χ1v) is 17.5. The van der Waals surface area contributed by atoms with Gasteiger partial charge < -0.3 is 39.2 Å². The molecular formula is C40H76N4O6Pt2-2. The number of amides is 2. The summed E-state index contributed by atoms with van der Waals surface area (Å²) in [6, 6.07) is 7.39. The summed E-state index contributed by atoms with van der Waals surface area (Å²) in [5, 5.41) is 22.2. The van der Waals surface area contributed by atoms with Crippen LogP contribution in [0, 0.1) is 30.6 Å². The van der Waals surface area contributed by atoms with Gasteiger partial charge in [-0.2, -0.15) is 18.0 Å². The topological polar surface area (TPSA) is 189 Å². The Balaban J connectivity index is -0.000000125. The van der Waals surface area contributed by atoms with Gasteiger partial charge in [0, 0.05) is 53.2 Å². The number of carboxylic acid groups (broad SMARTS) is 2. The van der Waals surface area contributed by atoms with E-state index in [1.807, 2.05) is 59.7 Å². The van der Waals surface area contributed by atoms with E-state index in [0.29, 0.717) is 22.4 Å². The first-order valence-electron chi connectivity index (χ1n) is 17.5. The van der Waals surface area contributed by atoms with E-state index in [4.69, 9.17) is 21.7 Å². The molecule has 0 bridgehead atoms. The molecule has 1 aromatic rings. The van der Waals surface area contributed by atoms with Gasteiger partial charge in [-0.25, -0.2) is 12.5 Å². The second-order valence-corrected chi connectivity index (χ2v) is 17.7. The molecule has 1 saturated carbocycles. The number of nitrogens with one attached hydrogen (secondary N) is 4. The predicted molar refractivity (Wildman–Crippen MR) is 214 cm³/mol. The standard InChI is InChI=1S/2C8H15NO3.C7H13N.C7H7N.2C5H12.2Pt/c2*1-8(2,3)9-6(10)4-5-7(11)12;2*1-6-4-2-3-5-7(6)8;2*1-5(2,3)4;;/h2*4-5H2,1-3H3,(H,9,10)(H,11,12);6-8H,1-5H2;2-5,8H,1H2;2*1-4H3;;/q;;2*-2;;;;/p+2. The normalized spacial score (nSPS) is 14.8. The third kappa shape index (κ3) is 66.4. The van der Waals surface area contributed by atoms with Gasteiger partial charge in [0.2, 0.25) is 0 Å². The first-order chi connectivity index (χ1) is 22.2. The molecule has 1 aliphatic rings. The predicted octanol–water partition coefficient (Wildman–Crippen LogP) is 10.6. The van der Waals surface area contributed by atoms with Crippen LogP contribution in [-0.2, 0) is 51.7 Å². The van der Waals surface area contributed by atoms with E-state index in [-0.39, 0.29) is 96.7 Å². The van der Waals surface area contributed by atoms with Gasteiger partial charge in [-0.3, -0.25) is 24.9 Å². The van der Waals surface area contributed by atoms with Gasteiger partial charge in [0.05, 0.1) is 25.7 Å². The zero-order valence-corrected chi connectivity index (χ0v) is 39.3. The SMILES string of the molecule is CC(C)(C)C.CC(C)(C)C.CC(C)(C)NC(=[OH+])CCC(=O)O.CC(C)(C)NC(=[OH+])CCC(=O)O.[CH2-]C1CCCCC1[NH-].[CH2-]c1ccccc1[NH-].[Pt].[Pt]. The van der Waals surface area contributed by atoms with Crippen molar-refractivity contribution in [1.29, 1.82) is 0 Å². The summed E-state index contributed by atoms with van der Waals surface area (Å²) in [6.07, 6.45) is 5.02. The average Bonchev–Trinajstić information content (AvgIpc) is 2.87. The number of carboxylic acids is 2. The Hall–Kier alpha value is -1.89. The molecule has 0 heterocycles. The van der Waals surface area contributed by atoms with Crippen LogP contribution in [0.2, 0.25) is 0 Å². The number of aliphatic carboxylic acids is 2. The number of hydrogen-bond donors (Lipinski definition) is 4. The monoisotopic (exact) mass is 1100 g/mol. The molecule has 0 radical (unpaired) electrons. The van der Waals surface area contributed by atoms with E-state index < -0.39 is 11.9 Å². The van der Waals surface area contributed by atoms with Crippen LogP contribution in [-0.4, -0.2) is 60.7 Å². The van der Waals surface area contributed by atoms with Crippen LogP contribution in [0.3, 0.4) is 0 Å². The molecule has 8 N–H and O–H groups in total. The van der Waals surface area contributed by atoms with E-state index in [0.717, 1.165) is 12.0 Å². The second kappa shape index (κ2) is 31.5. The molecule has 1 fully saturated rings. The summed E-state index contributed by atoms with van der Waals surface area (Å²) in [5.74, 6) is -1.33. The van der Waals surface area contributed by atoms with Crippen molar-refractivity contribution in [1.82, 2.24) is 10.6 Å². The van der Waals surface area contributed by atoms with E-state index in [1.54, 1.807) is 6.07 Å². The first kappa shape index (κ1) is 62.1. The molecule has 2 rings (SSSR count). The Morgan fingerprint density at radius 2 is 1.02 bits per heavy atom. The largest absolute Gasteiger partial charge is 0.756 e. The van der Waals surface area contributed by atoms with Gasteiger partial charge in [0.1, 0.15) is 0 Å². The van der Waals surface area contributed by atoms with Crippen molar-refractivity contribution in [3.05, 3.63) is 55.1 Å². The van der Waals surface area contributed by atoms with E-state index in [2.05, 4.69) is 79.9 Å². The van der Waals surface area contributed by atoms with Gasteiger partial charge in [-0.1, -0.05) is 87.1 Å². The summed E-state index contributed by atoms with van der Waals surface area (Å²) in [7, 11) is 0. The molecule has 1 aliphatic carbocycles. The Morgan fingerprint density at radius 1 is 0.712 bits per heavy atom. The summed E-state index contributed by atoms with van der Waals surface area (Å²) >= 11 is 0. The Bertz CT molecular complexity index is 992.